The lowest BCUT2D eigenvalue weighted by molar-refractivity contribution is -0.132. The molecule has 0 amide bonds. The fourth-order valence-corrected chi connectivity index (χ4v) is 5.34. The van der Waals surface area contributed by atoms with Crippen LogP contribution >= 0.6 is 0 Å². The molecule has 5 atom stereocenters. The van der Waals surface area contributed by atoms with Crippen molar-refractivity contribution in [1.82, 2.24) is 0 Å². The van der Waals surface area contributed by atoms with E-state index in [0.717, 1.165) is 31.3 Å². The van der Waals surface area contributed by atoms with Gasteiger partial charge in [0.1, 0.15) is 0 Å². The van der Waals surface area contributed by atoms with E-state index in [1.54, 1.807) is 6.92 Å². The summed E-state index contributed by atoms with van der Waals surface area (Å²) in [7, 11) is 0. The Labute approximate surface area is 139 Å². The van der Waals surface area contributed by atoms with Crippen molar-refractivity contribution in [3.63, 3.8) is 0 Å². The summed E-state index contributed by atoms with van der Waals surface area (Å²) in [5.74, 6) is 1.36. The summed E-state index contributed by atoms with van der Waals surface area (Å²) in [4.78, 5) is 10.9. The Morgan fingerprint density at radius 2 is 2.30 bits per heavy atom. The van der Waals surface area contributed by atoms with Gasteiger partial charge in [0.2, 0.25) is 0 Å². The SMILES string of the molecule is CC(=CCCC(C)C1CCC2COC3CC21CC=C3C)C(=O)O. The Morgan fingerprint density at radius 3 is 3.04 bits per heavy atom. The topological polar surface area (TPSA) is 46.5 Å². The first-order valence-corrected chi connectivity index (χ1v) is 9.12. The summed E-state index contributed by atoms with van der Waals surface area (Å²) in [5.41, 5.74) is 2.35. The highest BCUT2D eigenvalue weighted by atomic mass is 16.5. The maximum Gasteiger partial charge on any atom is 0.330 e. The van der Waals surface area contributed by atoms with Crippen LogP contribution in [0.25, 0.3) is 0 Å². The third kappa shape index (κ3) is 3.00. The molecule has 1 spiro atoms. The number of carboxylic acid groups (broad SMARTS) is 1. The van der Waals surface area contributed by atoms with Gasteiger partial charge in [-0.15, -0.1) is 0 Å². The lowest BCUT2D eigenvalue weighted by atomic mass is 9.59. The lowest BCUT2D eigenvalue weighted by Gasteiger charge is -2.50. The molecule has 3 heteroatoms. The quantitative estimate of drug-likeness (QED) is 0.596. The second kappa shape index (κ2) is 6.43. The summed E-state index contributed by atoms with van der Waals surface area (Å²) in [6, 6.07) is 0. The molecule has 23 heavy (non-hydrogen) atoms. The molecule has 2 aliphatic carbocycles. The molecule has 1 saturated carbocycles. The molecule has 1 saturated heterocycles. The van der Waals surface area contributed by atoms with Crippen molar-refractivity contribution in [2.24, 2.45) is 23.2 Å². The normalized spacial score (nSPS) is 38.0. The van der Waals surface area contributed by atoms with Crippen LogP contribution in [0.4, 0.5) is 0 Å². The number of rotatable bonds is 5. The standard InChI is InChI=1S/C20H30O3/c1-13(5-4-6-15(3)19(21)22)17-8-7-16-12-23-18-11-20(16,17)10-9-14(18)2/h6,9,13,16-18H,4-5,7-8,10-12H2,1-3H3,(H,21,22). The van der Waals surface area contributed by atoms with Crippen LogP contribution in [0.3, 0.4) is 0 Å². The second-order valence-electron chi connectivity index (χ2n) is 8.04. The average Bonchev–Trinajstić information content (AvgIpc) is 2.88. The predicted molar refractivity (Wildman–Crippen MR) is 91.2 cm³/mol. The van der Waals surface area contributed by atoms with Gasteiger partial charge in [-0.25, -0.2) is 4.79 Å². The molecule has 0 radical (unpaired) electrons. The van der Waals surface area contributed by atoms with Crippen molar-refractivity contribution >= 4 is 5.97 Å². The fourth-order valence-electron chi connectivity index (χ4n) is 5.34. The van der Waals surface area contributed by atoms with E-state index in [1.807, 2.05) is 6.08 Å². The van der Waals surface area contributed by atoms with Gasteiger partial charge in [-0.2, -0.15) is 0 Å². The van der Waals surface area contributed by atoms with Crippen molar-refractivity contribution in [2.75, 3.05) is 6.61 Å². The molecular formula is C20H30O3. The van der Waals surface area contributed by atoms with Gasteiger partial charge in [-0.1, -0.05) is 19.1 Å². The van der Waals surface area contributed by atoms with Crippen molar-refractivity contribution < 1.29 is 14.6 Å². The van der Waals surface area contributed by atoms with Crippen molar-refractivity contribution in [3.8, 4) is 0 Å². The van der Waals surface area contributed by atoms with Crippen LogP contribution < -0.4 is 0 Å². The fraction of sp³-hybridized carbons (Fsp3) is 0.750. The Morgan fingerprint density at radius 1 is 1.52 bits per heavy atom. The Kier molecular flexibility index (Phi) is 4.68. The minimum atomic E-state index is -0.794. The molecule has 0 aromatic heterocycles. The zero-order valence-corrected chi connectivity index (χ0v) is 14.7. The third-order valence-electron chi connectivity index (χ3n) is 6.85. The molecule has 5 unspecified atom stereocenters. The second-order valence-corrected chi connectivity index (χ2v) is 8.04. The van der Waals surface area contributed by atoms with E-state index >= 15 is 0 Å². The van der Waals surface area contributed by atoms with Gasteiger partial charge in [0.25, 0.3) is 0 Å². The van der Waals surface area contributed by atoms with Gasteiger partial charge in [-0.05, 0) is 81.1 Å². The molecule has 128 valence electrons. The first-order valence-electron chi connectivity index (χ1n) is 9.12. The van der Waals surface area contributed by atoms with E-state index in [4.69, 9.17) is 9.84 Å². The van der Waals surface area contributed by atoms with Gasteiger partial charge < -0.3 is 9.84 Å². The van der Waals surface area contributed by atoms with Crippen molar-refractivity contribution in [3.05, 3.63) is 23.3 Å². The van der Waals surface area contributed by atoms with Gasteiger partial charge in [0.15, 0.2) is 0 Å². The monoisotopic (exact) mass is 318 g/mol. The zero-order valence-electron chi connectivity index (χ0n) is 14.7. The lowest BCUT2D eigenvalue weighted by Crippen LogP contribution is -2.47. The molecule has 0 aromatic carbocycles. The summed E-state index contributed by atoms with van der Waals surface area (Å²) in [5, 5.41) is 8.97. The van der Waals surface area contributed by atoms with Gasteiger partial charge >= 0.3 is 5.97 Å². The number of allylic oxidation sites excluding steroid dienone is 2. The molecule has 0 aromatic rings. The van der Waals surface area contributed by atoms with Gasteiger partial charge in [0.05, 0.1) is 12.7 Å². The van der Waals surface area contributed by atoms with Crippen molar-refractivity contribution in [1.29, 1.82) is 0 Å². The largest absolute Gasteiger partial charge is 0.478 e. The molecule has 2 bridgehead atoms. The Bertz CT molecular complexity index is 533. The van der Waals surface area contributed by atoms with E-state index in [0.29, 0.717) is 23.0 Å². The summed E-state index contributed by atoms with van der Waals surface area (Å²) < 4.78 is 6.09. The molecule has 3 rings (SSSR count). The third-order valence-corrected chi connectivity index (χ3v) is 6.85. The number of carbonyl (C=O) groups is 1. The summed E-state index contributed by atoms with van der Waals surface area (Å²) in [6.45, 7) is 7.22. The van der Waals surface area contributed by atoms with E-state index in [9.17, 15) is 4.79 Å². The van der Waals surface area contributed by atoms with Crippen LogP contribution in [0.2, 0.25) is 0 Å². The number of hydrogen-bond donors (Lipinski definition) is 1. The van der Waals surface area contributed by atoms with E-state index in [2.05, 4.69) is 19.9 Å². The molecule has 3 nitrogen and oxygen atoms in total. The number of aliphatic carboxylic acids is 1. The highest BCUT2D eigenvalue weighted by molar-refractivity contribution is 5.85. The van der Waals surface area contributed by atoms with Gasteiger partial charge in [0, 0.05) is 5.57 Å². The number of fused-ring (bicyclic) bond motifs is 1. The zero-order chi connectivity index (χ0) is 16.6. The average molecular weight is 318 g/mol. The Hall–Kier alpha value is -1.09. The van der Waals surface area contributed by atoms with Crippen LogP contribution in [-0.4, -0.2) is 23.8 Å². The van der Waals surface area contributed by atoms with Crippen LogP contribution in [0, 0.1) is 23.2 Å². The highest BCUT2D eigenvalue weighted by Crippen LogP contribution is 2.61. The van der Waals surface area contributed by atoms with Crippen LogP contribution in [-0.2, 0) is 9.53 Å². The first kappa shape index (κ1) is 16.8. The maximum absolute atomic E-state index is 10.9. The minimum Gasteiger partial charge on any atom is -0.478 e. The van der Waals surface area contributed by atoms with Crippen molar-refractivity contribution in [2.45, 2.75) is 65.4 Å². The van der Waals surface area contributed by atoms with Crippen LogP contribution in [0.1, 0.15) is 59.3 Å². The number of ether oxygens (including phenoxy) is 1. The van der Waals surface area contributed by atoms with E-state index < -0.39 is 5.97 Å². The molecule has 1 N–H and O–H groups in total. The van der Waals surface area contributed by atoms with E-state index in [1.165, 1.54) is 31.3 Å². The molecular weight excluding hydrogens is 288 g/mol. The summed E-state index contributed by atoms with van der Waals surface area (Å²) >= 11 is 0. The minimum absolute atomic E-state index is 0.349. The first-order chi connectivity index (χ1) is 10.9. The van der Waals surface area contributed by atoms with Gasteiger partial charge in [-0.3, -0.25) is 0 Å². The maximum atomic E-state index is 10.9. The Balaban J connectivity index is 1.68. The number of carboxylic acids is 1. The predicted octanol–water partition coefficient (Wildman–Crippen LogP) is 4.59. The highest BCUT2D eigenvalue weighted by Gasteiger charge is 2.55. The molecule has 1 aliphatic heterocycles. The van der Waals surface area contributed by atoms with E-state index in [-0.39, 0.29) is 0 Å². The molecule has 1 heterocycles. The summed E-state index contributed by atoms with van der Waals surface area (Å²) in [6.07, 6.45) is 11.7. The smallest absolute Gasteiger partial charge is 0.330 e. The van der Waals surface area contributed by atoms with Crippen LogP contribution in [0.5, 0.6) is 0 Å². The number of hydrogen-bond acceptors (Lipinski definition) is 2. The molecule has 2 fully saturated rings. The van der Waals surface area contributed by atoms with Crippen LogP contribution in [0.15, 0.2) is 23.3 Å². The molecule has 3 aliphatic rings.